The first-order valence-corrected chi connectivity index (χ1v) is 5.20. The van der Waals surface area contributed by atoms with Crippen LogP contribution in [0, 0.1) is 0 Å². The maximum absolute atomic E-state index is 4.98. The Labute approximate surface area is 93.9 Å². The van der Waals surface area contributed by atoms with Gasteiger partial charge in [-0.1, -0.05) is 0 Å². The van der Waals surface area contributed by atoms with Gasteiger partial charge in [-0.2, -0.15) is 0 Å². The molecule has 5 heteroatoms. The molecule has 5 nitrogen and oxygen atoms in total. The van der Waals surface area contributed by atoms with Gasteiger partial charge in [-0.15, -0.1) is 0 Å². The Hall–Kier alpha value is -1.75. The number of hydrogen-bond acceptors (Lipinski definition) is 5. The van der Waals surface area contributed by atoms with Crippen molar-refractivity contribution in [1.29, 1.82) is 0 Å². The minimum atomic E-state index is 0.715. The quantitative estimate of drug-likeness (QED) is 0.770. The summed E-state index contributed by atoms with van der Waals surface area (Å²) < 4.78 is 4.98. The van der Waals surface area contributed by atoms with Gasteiger partial charge in [-0.25, -0.2) is 15.0 Å². The Balaban J connectivity index is 2.11. The zero-order valence-corrected chi connectivity index (χ0v) is 9.18. The first-order chi connectivity index (χ1) is 7.92. The van der Waals surface area contributed by atoms with Crippen LogP contribution in [0.15, 0.2) is 24.7 Å². The van der Waals surface area contributed by atoms with Crippen molar-refractivity contribution < 1.29 is 4.74 Å². The Morgan fingerprint density at radius 1 is 1.31 bits per heavy atom. The molecular formula is C11H14N4O. The highest BCUT2D eigenvalue weighted by Crippen LogP contribution is 2.15. The first kappa shape index (κ1) is 10.8. The Morgan fingerprint density at radius 2 is 2.25 bits per heavy atom. The second-order valence-corrected chi connectivity index (χ2v) is 3.37. The number of hydrogen-bond donors (Lipinski definition) is 1. The average molecular weight is 218 g/mol. The van der Waals surface area contributed by atoms with Gasteiger partial charge < -0.3 is 10.1 Å². The molecule has 0 amide bonds. The van der Waals surface area contributed by atoms with Gasteiger partial charge in [0.15, 0.2) is 5.65 Å². The third-order valence-electron chi connectivity index (χ3n) is 2.23. The second kappa shape index (κ2) is 5.37. The summed E-state index contributed by atoms with van der Waals surface area (Å²) in [5, 5.41) is 4.20. The van der Waals surface area contributed by atoms with Gasteiger partial charge in [-0.05, 0) is 18.6 Å². The van der Waals surface area contributed by atoms with Gasteiger partial charge in [0.2, 0.25) is 0 Å². The molecule has 84 valence electrons. The fourth-order valence-corrected chi connectivity index (χ4v) is 1.46. The molecule has 0 fully saturated rings. The number of aromatic nitrogens is 3. The molecule has 0 bridgehead atoms. The molecular weight excluding hydrogens is 204 g/mol. The summed E-state index contributed by atoms with van der Waals surface area (Å²) in [7, 11) is 1.70. The van der Waals surface area contributed by atoms with Gasteiger partial charge in [0.1, 0.15) is 12.1 Å². The number of nitrogens with one attached hydrogen (secondary N) is 1. The van der Waals surface area contributed by atoms with E-state index in [0.717, 1.165) is 30.8 Å². The molecule has 2 heterocycles. The largest absolute Gasteiger partial charge is 0.385 e. The Morgan fingerprint density at radius 3 is 3.12 bits per heavy atom. The highest BCUT2D eigenvalue weighted by molar-refractivity contribution is 5.85. The third-order valence-corrected chi connectivity index (χ3v) is 2.23. The predicted molar refractivity (Wildman–Crippen MR) is 62.3 cm³/mol. The van der Waals surface area contributed by atoms with Crippen molar-refractivity contribution >= 4 is 16.9 Å². The summed E-state index contributed by atoms with van der Waals surface area (Å²) in [6.07, 6.45) is 4.19. The second-order valence-electron chi connectivity index (χ2n) is 3.37. The molecule has 0 saturated heterocycles. The fourth-order valence-electron chi connectivity index (χ4n) is 1.46. The lowest BCUT2D eigenvalue weighted by atomic mass is 10.3. The van der Waals surface area contributed by atoms with E-state index < -0.39 is 0 Å². The van der Waals surface area contributed by atoms with E-state index in [2.05, 4.69) is 20.3 Å². The van der Waals surface area contributed by atoms with E-state index in [9.17, 15) is 0 Å². The topological polar surface area (TPSA) is 59.9 Å². The number of fused-ring (bicyclic) bond motifs is 1. The molecule has 0 aromatic carbocycles. The van der Waals surface area contributed by atoms with E-state index in [1.165, 1.54) is 6.33 Å². The molecule has 0 aliphatic carbocycles. The van der Waals surface area contributed by atoms with E-state index in [4.69, 9.17) is 4.74 Å². The van der Waals surface area contributed by atoms with Crippen LogP contribution in [-0.2, 0) is 4.74 Å². The highest BCUT2D eigenvalue weighted by atomic mass is 16.5. The van der Waals surface area contributed by atoms with Crippen molar-refractivity contribution in [2.24, 2.45) is 0 Å². The van der Waals surface area contributed by atoms with Crippen LogP contribution in [0.5, 0.6) is 0 Å². The molecule has 1 N–H and O–H groups in total. The van der Waals surface area contributed by atoms with Crippen LogP contribution in [-0.4, -0.2) is 35.2 Å². The Bertz CT molecular complexity index is 455. The van der Waals surface area contributed by atoms with E-state index in [-0.39, 0.29) is 0 Å². The van der Waals surface area contributed by atoms with E-state index in [0.29, 0.717) is 5.65 Å². The molecule has 0 aliphatic rings. The normalized spacial score (nSPS) is 10.6. The smallest absolute Gasteiger partial charge is 0.164 e. The summed E-state index contributed by atoms with van der Waals surface area (Å²) in [5.74, 6) is 0.828. The maximum atomic E-state index is 4.98. The summed E-state index contributed by atoms with van der Waals surface area (Å²) in [6, 6.07) is 3.84. The third kappa shape index (κ3) is 2.43. The lowest BCUT2D eigenvalue weighted by molar-refractivity contribution is 0.198. The van der Waals surface area contributed by atoms with Crippen LogP contribution in [0.1, 0.15) is 6.42 Å². The lowest BCUT2D eigenvalue weighted by Gasteiger charge is -2.06. The summed E-state index contributed by atoms with van der Waals surface area (Å²) in [5.41, 5.74) is 0.715. The molecule has 2 rings (SSSR count). The van der Waals surface area contributed by atoms with Crippen molar-refractivity contribution in [3.63, 3.8) is 0 Å². The van der Waals surface area contributed by atoms with Gasteiger partial charge in [0.25, 0.3) is 0 Å². The summed E-state index contributed by atoms with van der Waals surface area (Å²) in [6.45, 7) is 1.57. The minimum absolute atomic E-state index is 0.715. The summed E-state index contributed by atoms with van der Waals surface area (Å²) >= 11 is 0. The van der Waals surface area contributed by atoms with Gasteiger partial charge in [0, 0.05) is 26.5 Å². The van der Waals surface area contributed by atoms with E-state index >= 15 is 0 Å². The van der Waals surface area contributed by atoms with Crippen molar-refractivity contribution in [2.75, 3.05) is 25.6 Å². The SMILES string of the molecule is COCCCNc1ncnc2ncccc12. The number of anilines is 1. The molecule has 2 aromatic heterocycles. The van der Waals surface area contributed by atoms with Crippen molar-refractivity contribution in [2.45, 2.75) is 6.42 Å². The number of ether oxygens (including phenoxy) is 1. The lowest BCUT2D eigenvalue weighted by Crippen LogP contribution is -2.06. The standard InChI is InChI=1S/C11H14N4O/c1-16-7-3-6-13-11-9-4-2-5-12-10(9)14-8-15-11/h2,4-5,8H,3,6-7H2,1H3,(H,12,13,14,15). The van der Waals surface area contributed by atoms with Gasteiger partial charge >= 0.3 is 0 Å². The predicted octanol–water partition coefficient (Wildman–Crippen LogP) is 1.47. The average Bonchev–Trinajstić information content (AvgIpc) is 2.35. The molecule has 0 unspecified atom stereocenters. The molecule has 16 heavy (non-hydrogen) atoms. The monoisotopic (exact) mass is 218 g/mol. The summed E-state index contributed by atoms with van der Waals surface area (Å²) in [4.78, 5) is 12.5. The first-order valence-electron chi connectivity index (χ1n) is 5.20. The number of nitrogens with zero attached hydrogens (tertiary/aromatic N) is 3. The van der Waals surface area contributed by atoms with Crippen LogP contribution < -0.4 is 5.32 Å². The molecule has 0 spiro atoms. The molecule has 2 aromatic rings. The Kier molecular flexibility index (Phi) is 3.61. The van der Waals surface area contributed by atoms with Gasteiger partial charge in [-0.3, -0.25) is 0 Å². The van der Waals surface area contributed by atoms with Crippen molar-refractivity contribution in [3.05, 3.63) is 24.7 Å². The number of pyridine rings is 1. The minimum Gasteiger partial charge on any atom is -0.385 e. The molecule has 0 atom stereocenters. The van der Waals surface area contributed by atoms with Crippen molar-refractivity contribution in [1.82, 2.24) is 15.0 Å². The van der Waals surface area contributed by atoms with Crippen LogP contribution in [0.25, 0.3) is 11.0 Å². The zero-order chi connectivity index (χ0) is 11.2. The van der Waals surface area contributed by atoms with E-state index in [1.807, 2.05) is 12.1 Å². The van der Waals surface area contributed by atoms with Crippen molar-refractivity contribution in [3.8, 4) is 0 Å². The number of rotatable bonds is 5. The number of methoxy groups -OCH3 is 1. The molecule has 0 radical (unpaired) electrons. The molecule has 0 saturated carbocycles. The highest BCUT2D eigenvalue weighted by Gasteiger charge is 2.02. The van der Waals surface area contributed by atoms with E-state index in [1.54, 1.807) is 13.3 Å². The fraction of sp³-hybridized carbons (Fsp3) is 0.364. The van der Waals surface area contributed by atoms with Crippen LogP contribution in [0.3, 0.4) is 0 Å². The molecule has 0 aliphatic heterocycles. The van der Waals surface area contributed by atoms with Crippen LogP contribution >= 0.6 is 0 Å². The maximum Gasteiger partial charge on any atom is 0.164 e. The zero-order valence-electron chi connectivity index (χ0n) is 9.18. The van der Waals surface area contributed by atoms with Gasteiger partial charge in [0.05, 0.1) is 5.39 Å². The van der Waals surface area contributed by atoms with Crippen LogP contribution in [0.2, 0.25) is 0 Å². The van der Waals surface area contributed by atoms with Crippen LogP contribution in [0.4, 0.5) is 5.82 Å².